The highest BCUT2D eigenvalue weighted by Gasteiger charge is 2.21. The maximum atomic E-state index is 6.23. The van der Waals surface area contributed by atoms with Gasteiger partial charge in [-0.05, 0) is 43.5 Å². The molecule has 29 heavy (non-hydrogen) atoms. The van der Waals surface area contributed by atoms with Crippen LogP contribution in [0.25, 0.3) is 11.4 Å². The lowest BCUT2D eigenvalue weighted by atomic mass is 9.97. The molecule has 7 nitrogen and oxygen atoms in total. The maximum absolute atomic E-state index is 6.23. The number of aryl methyl sites for hydroxylation is 1. The van der Waals surface area contributed by atoms with Gasteiger partial charge in [0.2, 0.25) is 5.88 Å². The molecule has 0 aliphatic carbocycles. The van der Waals surface area contributed by atoms with E-state index in [9.17, 15) is 0 Å². The van der Waals surface area contributed by atoms with Gasteiger partial charge in [0.1, 0.15) is 5.75 Å². The molecule has 0 amide bonds. The number of nitrogens with two attached hydrogens (primary N) is 1. The largest absolute Gasteiger partial charge is 0.438 e. The fourth-order valence-electron chi connectivity index (χ4n) is 3.43. The summed E-state index contributed by atoms with van der Waals surface area (Å²) in [6, 6.07) is 7.43. The Labute approximate surface area is 174 Å². The maximum Gasteiger partial charge on any atom is 0.217 e. The van der Waals surface area contributed by atoms with Crippen LogP contribution in [0, 0.1) is 0 Å². The van der Waals surface area contributed by atoms with E-state index >= 15 is 0 Å². The third-order valence-electron chi connectivity index (χ3n) is 5.03. The Morgan fingerprint density at radius 3 is 2.69 bits per heavy atom. The Bertz CT molecular complexity index is 968. The zero-order valence-corrected chi connectivity index (χ0v) is 17.1. The summed E-state index contributed by atoms with van der Waals surface area (Å²) in [5.74, 6) is 2.20. The van der Waals surface area contributed by atoms with Gasteiger partial charge < -0.3 is 15.2 Å². The second kappa shape index (κ2) is 8.90. The van der Waals surface area contributed by atoms with Crippen molar-refractivity contribution in [3.05, 3.63) is 52.9 Å². The molecule has 1 fully saturated rings. The highest BCUT2D eigenvalue weighted by molar-refractivity contribution is 6.30. The minimum absolute atomic E-state index is 0.393. The Morgan fingerprint density at radius 2 is 1.97 bits per heavy atom. The second-order valence-electron chi connectivity index (χ2n) is 7.11. The normalized spacial score (nSPS) is 14.9. The second-order valence-corrected chi connectivity index (χ2v) is 7.55. The molecule has 0 unspecified atom stereocenters. The van der Waals surface area contributed by atoms with Crippen molar-refractivity contribution in [1.29, 1.82) is 0 Å². The summed E-state index contributed by atoms with van der Waals surface area (Å²) in [6.07, 6.45) is 6.28. The molecule has 0 radical (unpaired) electrons. The molecule has 3 aromatic rings. The van der Waals surface area contributed by atoms with Gasteiger partial charge in [0.05, 0.1) is 11.3 Å². The van der Waals surface area contributed by atoms with E-state index in [0.717, 1.165) is 49.3 Å². The number of halogens is 1. The van der Waals surface area contributed by atoms with E-state index in [4.69, 9.17) is 26.8 Å². The van der Waals surface area contributed by atoms with Crippen LogP contribution < -0.4 is 10.5 Å². The predicted octanol–water partition coefficient (Wildman–Crippen LogP) is 3.72. The smallest absolute Gasteiger partial charge is 0.217 e. The van der Waals surface area contributed by atoms with Gasteiger partial charge in [-0.1, -0.05) is 11.6 Å². The molecule has 1 aromatic carbocycles. The van der Waals surface area contributed by atoms with Crippen LogP contribution >= 0.6 is 11.6 Å². The van der Waals surface area contributed by atoms with Crippen molar-refractivity contribution in [2.75, 3.05) is 19.8 Å². The van der Waals surface area contributed by atoms with E-state index in [1.165, 1.54) is 0 Å². The highest BCUT2D eigenvalue weighted by atomic mass is 35.5. The molecule has 0 atom stereocenters. The molecule has 152 valence electrons. The van der Waals surface area contributed by atoms with E-state index < -0.39 is 0 Å². The van der Waals surface area contributed by atoms with Crippen molar-refractivity contribution in [3.8, 4) is 23.0 Å². The lowest BCUT2D eigenvalue weighted by Crippen LogP contribution is -2.14. The van der Waals surface area contributed by atoms with Crippen molar-refractivity contribution >= 4 is 11.6 Å². The van der Waals surface area contributed by atoms with Crippen LogP contribution in [0.4, 0.5) is 0 Å². The van der Waals surface area contributed by atoms with Crippen LogP contribution in [0.2, 0.25) is 5.02 Å². The van der Waals surface area contributed by atoms with Crippen LogP contribution in [0.3, 0.4) is 0 Å². The SMILES string of the molecule is Cn1nc(C2CCOCC2)cc1Oc1cc(Cl)ccc1-c1ncc(CCN)cn1. The molecular formula is C21H24ClN5O2. The first kappa shape index (κ1) is 19.8. The van der Waals surface area contributed by atoms with Crippen molar-refractivity contribution < 1.29 is 9.47 Å². The highest BCUT2D eigenvalue weighted by Crippen LogP contribution is 2.35. The molecule has 1 aliphatic rings. The van der Waals surface area contributed by atoms with Gasteiger partial charge in [-0.25, -0.2) is 14.6 Å². The summed E-state index contributed by atoms with van der Waals surface area (Å²) >= 11 is 6.23. The first-order valence-corrected chi connectivity index (χ1v) is 10.1. The summed E-state index contributed by atoms with van der Waals surface area (Å²) < 4.78 is 13.4. The minimum Gasteiger partial charge on any atom is -0.438 e. The van der Waals surface area contributed by atoms with Gasteiger partial charge in [0.15, 0.2) is 5.82 Å². The Balaban J connectivity index is 1.62. The van der Waals surface area contributed by atoms with Crippen LogP contribution in [0.15, 0.2) is 36.7 Å². The van der Waals surface area contributed by atoms with E-state index in [2.05, 4.69) is 15.1 Å². The fourth-order valence-corrected chi connectivity index (χ4v) is 3.59. The van der Waals surface area contributed by atoms with Crippen molar-refractivity contribution in [1.82, 2.24) is 19.7 Å². The molecule has 8 heteroatoms. The Kier molecular flexibility index (Phi) is 6.08. The first-order chi connectivity index (χ1) is 14.1. The Morgan fingerprint density at radius 1 is 1.21 bits per heavy atom. The predicted molar refractivity (Wildman–Crippen MR) is 111 cm³/mol. The third kappa shape index (κ3) is 4.58. The number of aromatic nitrogens is 4. The zero-order valence-electron chi connectivity index (χ0n) is 16.3. The average Bonchev–Trinajstić information content (AvgIpc) is 3.10. The van der Waals surface area contributed by atoms with E-state index in [1.54, 1.807) is 29.2 Å². The summed E-state index contributed by atoms with van der Waals surface area (Å²) in [5, 5.41) is 5.23. The molecule has 1 saturated heterocycles. The zero-order chi connectivity index (χ0) is 20.2. The molecule has 2 aromatic heterocycles. The quantitative estimate of drug-likeness (QED) is 0.662. The number of ether oxygens (including phenoxy) is 2. The van der Waals surface area contributed by atoms with Gasteiger partial charge in [0, 0.05) is 55.7 Å². The number of hydrogen-bond acceptors (Lipinski definition) is 6. The van der Waals surface area contributed by atoms with Gasteiger partial charge >= 0.3 is 0 Å². The van der Waals surface area contributed by atoms with E-state index in [0.29, 0.717) is 34.9 Å². The number of hydrogen-bond donors (Lipinski definition) is 1. The summed E-state index contributed by atoms with van der Waals surface area (Å²) in [4.78, 5) is 8.95. The summed E-state index contributed by atoms with van der Waals surface area (Å²) in [6.45, 7) is 2.11. The lowest BCUT2D eigenvalue weighted by Gasteiger charge is -2.19. The van der Waals surface area contributed by atoms with Crippen LogP contribution in [-0.4, -0.2) is 39.5 Å². The molecule has 0 saturated carbocycles. The number of benzene rings is 1. The third-order valence-corrected chi connectivity index (χ3v) is 5.27. The topological polar surface area (TPSA) is 88.1 Å². The molecule has 0 bridgehead atoms. The van der Waals surface area contributed by atoms with Gasteiger partial charge in [-0.2, -0.15) is 5.10 Å². The molecule has 4 rings (SSSR count). The number of rotatable bonds is 6. The van der Waals surface area contributed by atoms with Crippen molar-refractivity contribution in [3.63, 3.8) is 0 Å². The lowest BCUT2D eigenvalue weighted by molar-refractivity contribution is 0.0844. The molecule has 3 heterocycles. The number of nitrogens with zero attached hydrogens (tertiary/aromatic N) is 4. The van der Waals surface area contributed by atoms with E-state index in [1.807, 2.05) is 19.2 Å². The fraction of sp³-hybridized carbons (Fsp3) is 0.381. The first-order valence-electron chi connectivity index (χ1n) is 9.74. The standard InChI is InChI=1S/C21H24ClN5O2/c1-27-20(11-18(26-27)15-5-8-28-9-6-15)29-19-10-16(22)2-3-17(19)21-24-12-14(4-7-23)13-25-21/h2-3,10-13,15H,4-9,23H2,1H3. The van der Waals surface area contributed by atoms with Crippen molar-refractivity contribution in [2.24, 2.45) is 12.8 Å². The van der Waals surface area contributed by atoms with E-state index in [-0.39, 0.29) is 0 Å². The van der Waals surface area contributed by atoms with Gasteiger partial charge in [-0.15, -0.1) is 0 Å². The van der Waals surface area contributed by atoms with Gasteiger partial charge in [-0.3, -0.25) is 0 Å². The Hall–Kier alpha value is -2.48. The monoisotopic (exact) mass is 413 g/mol. The molecular weight excluding hydrogens is 390 g/mol. The molecule has 2 N–H and O–H groups in total. The average molecular weight is 414 g/mol. The van der Waals surface area contributed by atoms with Crippen LogP contribution in [0.1, 0.15) is 30.0 Å². The molecule has 0 spiro atoms. The van der Waals surface area contributed by atoms with Crippen LogP contribution in [0.5, 0.6) is 11.6 Å². The minimum atomic E-state index is 0.393. The van der Waals surface area contributed by atoms with Gasteiger partial charge in [0.25, 0.3) is 0 Å². The summed E-state index contributed by atoms with van der Waals surface area (Å²) in [5.41, 5.74) is 8.39. The van der Waals surface area contributed by atoms with Crippen LogP contribution in [-0.2, 0) is 18.2 Å². The summed E-state index contributed by atoms with van der Waals surface area (Å²) in [7, 11) is 1.88. The molecule has 1 aliphatic heterocycles. The van der Waals surface area contributed by atoms with Crippen molar-refractivity contribution in [2.45, 2.75) is 25.2 Å².